The Morgan fingerprint density at radius 2 is 1.29 bits per heavy atom. The largest absolute Gasteiger partial charge is 0.388 e. The molecule has 1 rings (SSSR count). The van der Waals surface area contributed by atoms with Crippen LogP contribution in [0.15, 0.2) is 0 Å². The average molecular weight is 305 g/mol. The summed E-state index contributed by atoms with van der Waals surface area (Å²) in [5.74, 6) is -0.356. The molecule has 7 heteroatoms. The molecule has 0 heterocycles. The van der Waals surface area contributed by atoms with Crippen LogP contribution in [0.5, 0.6) is 0 Å². The maximum absolute atomic E-state index is 11.8. The van der Waals surface area contributed by atoms with E-state index in [1.54, 1.807) is 0 Å². The SMILES string of the molecule is CCCCCCCC(=O)NC1[C@@H](O)[C@H](O)C(O)[C@H](O)[C@H]1O. The summed E-state index contributed by atoms with van der Waals surface area (Å²) in [4.78, 5) is 11.8. The van der Waals surface area contributed by atoms with Crippen molar-refractivity contribution in [1.82, 2.24) is 5.32 Å². The highest BCUT2D eigenvalue weighted by Gasteiger charge is 2.48. The summed E-state index contributed by atoms with van der Waals surface area (Å²) in [6, 6.07) is -1.19. The molecule has 1 amide bonds. The van der Waals surface area contributed by atoms with Crippen molar-refractivity contribution in [2.45, 2.75) is 82.0 Å². The molecule has 7 nitrogen and oxygen atoms in total. The van der Waals surface area contributed by atoms with E-state index >= 15 is 0 Å². The summed E-state index contributed by atoms with van der Waals surface area (Å²) in [7, 11) is 0. The third-order valence-corrected chi connectivity index (χ3v) is 3.97. The van der Waals surface area contributed by atoms with Gasteiger partial charge in [0.2, 0.25) is 5.91 Å². The van der Waals surface area contributed by atoms with E-state index in [4.69, 9.17) is 0 Å². The Hall–Kier alpha value is -0.730. The molecule has 0 aromatic carbocycles. The van der Waals surface area contributed by atoms with Crippen LogP contribution in [-0.2, 0) is 4.79 Å². The van der Waals surface area contributed by atoms with E-state index < -0.39 is 36.6 Å². The molecular weight excluding hydrogens is 278 g/mol. The van der Waals surface area contributed by atoms with E-state index in [0.29, 0.717) is 6.42 Å². The van der Waals surface area contributed by atoms with Gasteiger partial charge >= 0.3 is 0 Å². The fourth-order valence-corrected chi connectivity index (χ4v) is 2.55. The van der Waals surface area contributed by atoms with Crippen molar-refractivity contribution in [2.24, 2.45) is 0 Å². The summed E-state index contributed by atoms with van der Waals surface area (Å²) in [5.41, 5.74) is 0. The lowest BCUT2D eigenvalue weighted by molar-refractivity contribution is -0.191. The lowest BCUT2D eigenvalue weighted by Gasteiger charge is -2.42. The highest BCUT2D eigenvalue weighted by Crippen LogP contribution is 2.21. The minimum atomic E-state index is -1.64. The lowest BCUT2D eigenvalue weighted by Crippen LogP contribution is -2.68. The summed E-state index contributed by atoms with van der Waals surface area (Å²) < 4.78 is 0. The van der Waals surface area contributed by atoms with E-state index in [0.717, 1.165) is 25.7 Å². The highest BCUT2D eigenvalue weighted by atomic mass is 16.4. The third-order valence-electron chi connectivity index (χ3n) is 3.97. The van der Waals surface area contributed by atoms with Crippen molar-refractivity contribution in [3.63, 3.8) is 0 Å². The van der Waals surface area contributed by atoms with Crippen LogP contribution in [0.3, 0.4) is 0 Å². The molecule has 6 N–H and O–H groups in total. The number of rotatable bonds is 7. The molecule has 0 aromatic rings. The quantitative estimate of drug-likeness (QED) is 0.323. The zero-order chi connectivity index (χ0) is 16.0. The Morgan fingerprint density at radius 3 is 1.81 bits per heavy atom. The number of aliphatic hydroxyl groups is 5. The van der Waals surface area contributed by atoms with Crippen molar-refractivity contribution in [1.29, 1.82) is 0 Å². The van der Waals surface area contributed by atoms with E-state index in [9.17, 15) is 30.3 Å². The number of amides is 1. The van der Waals surface area contributed by atoms with Gasteiger partial charge in [0, 0.05) is 6.42 Å². The zero-order valence-electron chi connectivity index (χ0n) is 12.4. The third kappa shape index (κ3) is 4.89. The van der Waals surface area contributed by atoms with Crippen LogP contribution in [0.25, 0.3) is 0 Å². The Bertz CT molecular complexity index is 311. The predicted molar refractivity (Wildman–Crippen MR) is 75.3 cm³/mol. The maximum Gasteiger partial charge on any atom is 0.220 e. The minimum absolute atomic E-state index is 0.258. The van der Waals surface area contributed by atoms with Gasteiger partial charge in [-0.15, -0.1) is 0 Å². The Morgan fingerprint density at radius 1 is 0.810 bits per heavy atom. The van der Waals surface area contributed by atoms with Gasteiger partial charge in [-0.05, 0) is 6.42 Å². The van der Waals surface area contributed by atoms with Gasteiger partial charge in [-0.1, -0.05) is 32.6 Å². The van der Waals surface area contributed by atoms with Crippen LogP contribution < -0.4 is 5.32 Å². The number of hydrogen-bond acceptors (Lipinski definition) is 6. The van der Waals surface area contributed by atoms with Crippen molar-refractivity contribution >= 4 is 5.91 Å². The minimum Gasteiger partial charge on any atom is -0.388 e. The average Bonchev–Trinajstić information content (AvgIpc) is 2.47. The Kier molecular flexibility index (Phi) is 7.55. The van der Waals surface area contributed by atoms with Crippen LogP contribution in [0, 0.1) is 0 Å². The summed E-state index contributed by atoms with van der Waals surface area (Å²) in [5, 5.41) is 50.6. The van der Waals surface area contributed by atoms with E-state index in [1.807, 2.05) is 0 Å². The monoisotopic (exact) mass is 305 g/mol. The van der Waals surface area contributed by atoms with Crippen molar-refractivity contribution < 1.29 is 30.3 Å². The van der Waals surface area contributed by atoms with E-state index in [1.165, 1.54) is 0 Å². The fraction of sp³-hybridized carbons (Fsp3) is 0.929. The molecule has 1 fully saturated rings. The Labute approximate surface area is 124 Å². The molecular formula is C14H27NO6. The first-order valence-electron chi connectivity index (χ1n) is 7.59. The zero-order valence-corrected chi connectivity index (χ0v) is 12.4. The fourth-order valence-electron chi connectivity index (χ4n) is 2.55. The van der Waals surface area contributed by atoms with Gasteiger partial charge in [0.25, 0.3) is 0 Å². The van der Waals surface area contributed by atoms with Crippen molar-refractivity contribution in [2.75, 3.05) is 0 Å². The molecule has 6 atom stereocenters. The van der Waals surface area contributed by atoms with E-state index in [2.05, 4.69) is 12.2 Å². The highest BCUT2D eigenvalue weighted by molar-refractivity contribution is 5.76. The second-order valence-electron chi connectivity index (χ2n) is 5.71. The summed E-state index contributed by atoms with van der Waals surface area (Å²) >= 11 is 0. The molecule has 1 aliphatic carbocycles. The van der Waals surface area contributed by atoms with Gasteiger partial charge in [-0.2, -0.15) is 0 Å². The van der Waals surface area contributed by atoms with Crippen LogP contribution in [0.2, 0.25) is 0 Å². The normalized spacial score (nSPS) is 36.5. The second-order valence-corrected chi connectivity index (χ2v) is 5.71. The van der Waals surface area contributed by atoms with Crippen LogP contribution >= 0.6 is 0 Å². The second kappa shape index (κ2) is 8.65. The topological polar surface area (TPSA) is 130 Å². The van der Waals surface area contributed by atoms with Crippen LogP contribution in [0.1, 0.15) is 45.4 Å². The molecule has 0 saturated heterocycles. The number of aliphatic hydroxyl groups excluding tert-OH is 5. The number of nitrogens with one attached hydrogen (secondary N) is 1. The molecule has 21 heavy (non-hydrogen) atoms. The molecule has 2 unspecified atom stereocenters. The molecule has 0 aliphatic heterocycles. The van der Waals surface area contributed by atoms with Crippen LogP contribution in [0.4, 0.5) is 0 Å². The van der Waals surface area contributed by atoms with Crippen LogP contribution in [-0.4, -0.2) is 68.0 Å². The summed E-state index contributed by atoms with van der Waals surface area (Å²) in [6.45, 7) is 2.10. The first kappa shape index (κ1) is 18.3. The van der Waals surface area contributed by atoms with Gasteiger partial charge in [-0.25, -0.2) is 0 Å². The smallest absolute Gasteiger partial charge is 0.220 e. The molecule has 124 valence electrons. The van der Waals surface area contributed by atoms with Crippen molar-refractivity contribution in [3.05, 3.63) is 0 Å². The maximum atomic E-state index is 11.8. The first-order valence-corrected chi connectivity index (χ1v) is 7.59. The van der Waals surface area contributed by atoms with Gasteiger partial charge in [0.05, 0.1) is 6.04 Å². The molecule has 0 aromatic heterocycles. The van der Waals surface area contributed by atoms with Crippen molar-refractivity contribution in [3.8, 4) is 0 Å². The summed E-state index contributed by atoms with van der Waals surface area (Å²) in [6.07, 6.45) is -2.72. The molecule has 1 saturated carbocycles. The van der Waals surface area contributed by atoms with Gasteiger partial charge in [0.1, 0.15) is 30.5 Å². The van der Waals surface area contributed by atoms with Gasteiger partial charge in [-0.3, -0.25) is 4.79 Å². The lowest BCUT2D eigenvalue weighted by atomic mass is 9.83. The molecule has 0 spiro atoms. The number of unbranched alkanes of at least 4 members (excludes halogenated alkanes) is 4. The number of carbonyl (C=O) groups excluding carboxylic acids is 1. The van der Waals surface area contributed by atoms with Gasteiger partial charge in [0.15, 0.2) is 0 Å². The molecule has 0 bridgehead atoms. The number of carbonyl (C=O) groups is 1. The molecule has 0 radical (unpaired) electrons. The Balaban J connectivity index is 2.43. The first-order chi connectivity index (χ1) is 9.90. The standard InChI is InChI=1S/C14H27NO6/c1-2-3-4-5-6-7-8(16)15-9-10(17)12(19)14(21)13(20)11(9)18/h9-14,17-21H,2-7H2,1H3,(H,15,16)/t9?,10-,11+,12+,13-,14?. The predicted octanol–water partition coefficient (Wildman–Crippen LogP) is -1.35. The van der Waals surface area contributed by atoms with E-state index in [-0.39, 0.29) is 12.3 Å². The molecule has 1 aliphatic rings. The number of hydrogen-bond donors (Lipinski definition) is 6. The van der Waals surface area contributed by atoms with Gasteiger partial charge < -0.3 is 30.8 Å².